The fourth-order valence-corrected chi connectivity index (χ4v) is 3.30. The molecule has 1 aromatic rings. The quantitative estimate of drug-likeness (QED) is 0.281. The molecule has 0 aromatic heterocycles. The van der Waals surface area contributed by atoms with Crippen LogP contribution in [0.25, 0.3) is 0 Å². The largest absolute Gasteiger partial charge is 0.369 e. The van der Waals surface area contributed by atoms with Gasteiger partial charge in [-0.15, -0.1) is 24.0 Å². The third kappa shape index (κ3) is 7.51. The summed E-state index contributed by atoms with van der Waals surface area (Å²) in [7, 11) is 0. The summed E-state index contributed by atoms with van der Waals surface area (Å²) >= 11 is 1.88. The number of nitrogens with zero attached hydrogens (tertiary/aromatic N) is 2. The lowest BCUT2D eigenvalue weighted by atomic mass is 10.1. The van der Waals surface area contributed by atoms with E-state index in [9.17, 15) is 0 Å². The van der Waals surface area contributed by atoms with Gasteiger partial charge < -0.3 is 15.5 Å². The van der Waals surface area contributed by atoms with Gasteiger partial charge in [-0.3, -0.25) is 4.99 Å². The number of benzene rings is 1. The standard InChI is InChI=1S/C18H30N4S.HI/c1-3-19-18(20-12-8-14-23-2)21-16-9-7-13-22(15-16)17-10-5-4-6-11-17;/h4-6,10-11,16H,3,7-9,12-15H2,1-2H3,(H2,19,20,21);1H. The van der Waals surface area contributed by atoms with Gasteiger partial charge >= 0.3 is 0 Å². The van der Waals surface area contributed by atoms with Gasteiger partial charge in [0.1, 0.15) is 0 Å². The number of para-hydroxylation sites is 1. The highest BCUT2D eigenvalue weighted by Crippen LogP contribution is 2.19. The molecule has 0 aliphatic carbocycles. The summed E-state index contributed by atoms with van der Waals surface area (Å²) in [4.78, 5) is 7.18. The zero-order chi connectivity index (χ0) is 16.3. The smallest absolute Gasteiger partial charge is 0.191 e. The Balaban J connectivity index is 0.00000288. The van der Waals surface area contributed by atoms with Crippen LogP contribution in [0.1, 0.15) is 26.2 Å². The molecule has 1 saturated heterocycles. The van der Waals surface area contributed by atoms with Gasteiger partial charge in [0.2, 0.25) is 0 Å². The van der Waals surface area contributed by atoms with Crippen LogP contribution in [-0.4, -0.2) is 50.2 Å². The maximum absolute atomic E-state index is 4.71. The monoisotopic (exact) mass is 462 g/mol. The third-order valence-electron chi connectivity index (χ3n) is 4.00. The Morgan fingerprint density at radius 2 is 2.12 bits per heavy atom. The third-order valence-corrected chi connectivity index (χ3v) is 4.70. The average Bonchev–Trinajstić information content (AvgIpc) is 2.60. The van der Waals surface area contributed by atoms with Crippen LogP contribution in [0.2, 0.25) is 0 Å². The first kappa shape index (κ1) is 21.4. The van der Waals surface area contributed by atoms with Crippen molar-refractivity contribution >= 4 is 47.4 Å². The van der Waals surface area contributed by atoms with E-state index in [0.717, 1.165) is 38.6 Å². The summed E-state index contributed by atoms with van der Waals surface area (Å²) in [6.45, 7) is 6.11. The molecule has 1 heterocycles. The van der Waals surface area contributed by atoms with E-state index < -0.39 is 0 Å². The Morgan fingerprint density at radius 3 is 2.83 bits per heavy atom. The van der Waals surface area contributed by atoms with Crippen molar-refractivity contribution in [3.63, 3.8) is 0 Å². The molecule has 0 amide bonds. The summed E-state index contributed by atoms with van der Waals surface area (Å²) in [5.74, 6) is 2.14. The number of hydrogen-bond donors (Lipinski definition) is 2. The van der Waals surface area contributed by atoms with Crippen LogP contribution < -0.4 is 15.5 Å². The SMILES string of the molecule is CCNC(=NCCCSC)NC1CCCN(c2ccccc2)C1.I. The van der Waals surface area contributed by atoms with Crippen LogP contribution in [0, 0.1) is 0 Å². The molecule has 0 saturated carbocycles. The highest BCUT2D eigenvalue weighted by atomic mass is 127. The van der Waals surface area contributed by atoms with Crippen molar-refractivity contribution < 1.29 is 0 Å². The van der Waals surface area contributed by atoms with Gasteiger partial charge in [-0.25, -0.2) is 0 Å². The highest BCUT2D eigenvalue weighted by Gasteiger charge is 2.20. The van der Waals surface area contributed by atoms with Crippen molar-refractivity contribution in [1.82, 2.24) is 10.6 Å². The predicted octanol–water partition coefficient (Wildman–Crippen LogP) is 3.58. The minimum absolute atomic E-state index is 0. The second kappa shape index (κ2) is 12.7. The Morgan fingerprint density at radius 1 is 1.33 bits per heavy atom. The highest BCUT2D eigenvalue weighted by molar-refractivity contribution is 14.0. The second-order valence-corrected chi connectivity index (χ2v) is 6.86. The van der Waals surface area contributed by atoms with Gasteiger partial charge in [0.15, 0.2) is 5.96 Å². The van der Waals surface area contributed by atoms with Gasteiger partial charge in [-0.1, -0.05) is 18.2 Å². The maximum atomic E-state index is 4.71. The molecule has 1 aliphatic heterocycles. The summed E-state index contributed by atoms with van der Waals surface area (Å²) in [6.07, 6.45) is 5.71. The number of thioether (sulfide) groups is 1. The van der Waals surface area contributed by atoms with E-state index in [1.54, 1.807) is 0 Å². The van der Waals surface area contributed by atoms with Gasteiger partial charge in [-0.05, 0) is 50.3 Å². The van der Waals surface area contributed by atoms with E-state index in [-0.39, 0.29) is 24.0 Å². The molecule has 0 radical (unpaired) electrons. The summed E-state index contributed by atoms with van der Waals surface area (Å²) in [5, 5.41) is 7.00. The number of piperidine rings is 1. The molecule has 1 fully saturated rings. The lowest BCUT2D eigenvalue weighted by Crippen LogP contribution is -2.51. The predicted molar refractivity (Wildman–Crippen MR) is 119 cm³/mol. The van der Waals surface area contributed by atoms with E-state index in [1.807, 2.05) is 11.8 Å². The van der Waals surface area contributed by atoms with Crippen LogP contribution in [-0.2, 0) is 0 Å². The van der Waals surface area contributed by atoms with Crippen molar-refractivity contribution in [2.24, 2.45) is 4.99 Å². The van der Waals surface area contributed by atoms with Crippen LogP contribution >= 0.6 is 35.7 Å². The van der Waals surface area contributed by atoms with Crippen molar-refractivity contribution in [2.45, 2.75) is 32.2 Å². The number of nitrogens with one attached hydrogen (secondary N) is 2. The maximum Gasteiger partial charge on any atom is 0.191 e. The minimum atomic E-state index is 0. The van der Waals surface area contributed by atoms with Crippen molar-refractivity contribution in [2.75, 3.05) is 43.1 Å². The van der Waals surface area contributed by atoms with Gasteiger partial charge in [0, 0.05) is 37.9 Å². The molecule has 6 heteroatoms. The summed E-state index contributed by atoms with van der Waals surface area (Å²) in [6, 6.07) is 11.2. The number of hydrogen-bond acceptors (Lipinski definition) is 3. The molecule has 1 atom stereocenters. The molecule has 2 rings (SSSR count). The molecule has 1 unspecified atom stereocenters. The first-order valence-electron chi connectivity index (χ1n) is 8.67. The lowest BCUT2D eigenvalue weighted by Gasteiger charge is -2.35. The van der Waals surface area contributed by atoms with Crippen LogP contribution in [0.5, 0.6) is 0 Å². The first-order chi connectivity index (χ1) is 11.3. The molecule has 0 spiro atoms. The molecule has 24 heavy (non-hydrogen) atoms. The van der Waals surface area contributed by atoms with E-state index >= 15 is 0 Å². The Bertz CT molecular complexity index is 469. The topological polar surface area (TPSA) is 39.7 Å². The van der Waals surface area contributed by atoms with E-state index in [2.05, 4.69) is 59.0 Å². The minimum Gasteiger partial charge on any atom is -0.369 e. The Labute approximate surface area is 168 Å². The van der Waals surface area contributed by atoms with E-state index in [4.69, 9.17) is 4.99 Å². The number of aliphatic imine (C=N–C) groups is 1. The normalized spacial score (nSPS) is 18.0. The lowest BCUT2D eigenvalue weighted by molar-refractivity contribution is 0.468. The van der Waals surface area contributed by atoms with Crippen molar-refractivity contribution in [3.8, 4) is 0 Å². The average molecular weight is 462 g/mol. The van der Waals surface area contributed by atoms with E-state index in [1.165, 1.54) is 24.3 Å². The van der Waals surface area contributed by atoms with E-state index in [0.29, 0.717) is 6.04 Å². The molecule has 0 bridgehead atoms. The van der Waals surface area contributed by atoms with Gasteiger partial charge in [0.05, 0.1) is 0 Å². The fraction of sp³-hybridized carbons (Fsp3) is 0.611. The second-order valence-electron chi connectivity index (χ2n) is 5.87. The van der Waals surface area contributed by atoms with Crippen molar-refractivity contribution in [1.29, 1.82) is 0 Å². The number of anilines is 1. The van der Waals surface area contributed by atoms with Crippen molar-refractivity contribution in [3.05, 3.63) is 30.3 Å². The number of guanidine groups is 1. The molecule has 136 valence electrons. The molecular formula is C18H31IN4S. The van der Waals surface area contributed by atoms with Crippen LogP contribution in [0.4, 0.5) is 5.69 Å². The Kier molecular flexibility index (Phi) is 11.3. The van der Waals surface area contributed by atoms with Gasteiger partial charge in [0.25, 0.3) is 0 Å². The molecule has 2 N–H and O–H groups in total. The Hall–Kier alpha value is -0.630. The summed E-state index contributed by atoms with van der Waals surface area (Å²) < 4.78 is 0. The van der Waals surface area contributed by atoms with Gasteiger partial charge in [-0.2, -0.15) is 11.8 Å². The number of rotatable bonds is 7. The molecule has 4 nitrogen and oxygen atoms in total. The first-order valence-corrected chi connectivity index (χ1v) is 10.1. The van der Waals surface area contributed by atoms with Crippen LogP contribution in [0.15, 0.2) is 35.3 Å². The van der Waals surface area contributed by atoms with Crippen LogP contribution in [0.3, 0.4) is 0 Å². The molecular weight excluding hydrogens is 431 g/mol. The molecule has 1 aromatic carbocycles. The zero-order valence-electron chi connectivity index (χ0n) is 14.8. The summed E-state index contributed by atoms with van der Waals surface area (Å²) in [5.41, 5.74) is 1.32. The fourth-order valence-electron chi connectivity index (χ4n) is 2.88. The zero-order valence-corrected chi connectivity index (χ0v) is 18.0. The molecule has 1 aliphatic rings. The number of halogens is 1.